The first-order chi connectivity index (χ1) is 9.49. The van der Waals surface area contributed by atoms with Crippen LogP contribution in [0.3, 0.4) is 0 Å². The number of non-ortho nitro benzene ring substituents is 1. The molecule has 0 bridgehead atoms. The SMILES string of the molecule is O=C(O)CCCC(=O)c1c[nH]c2ccc([N+](=O)[O-])cc12. The number of benzene rings is 1. The van der Waals surface area contributed by atoms with Crippen LogP contribution in [0, 0.1) is 10.1 Å². The van der Waals surface area contributed by atoms with Gasteiger partial charge in [0.05, 0.1) is 4.92 Å². The van der Waals surface area contributed by atoms with E-state index in [1.807, 2.05) is 0 Å². The highest BCUT2D eigenvalue weighted by molar-refractivity contribution is 6.08. The summed E-state index contributed by atoms with van der Waals surface area (Å²) >= 11 is 0. The van der Waals surface area contributed by atoms with E-state index in [-0.39, 0.29) is 30.7 Å². The lowest BCUT2D eigenvalue weighted by Crippen LogP contribution is -2.01. The van der Waals surface area contributed by atoms with E-state index in [1.54, 1.807) is 6.07 Å². The van der Waals surface area contributed by atoms with Gasteiger partial charge in [0, 0.05) is 47.6 Å². The van der Waals surface area contributed by atoms with E-state index in [9.17, 15) is 19.7 Å². The van der Waals surface area contributed by atoms with Gasteiger partial charge in [-0.15, -0.1) is 0 Å². The average molecular weight is 276 g/mol. The van der Waals surface area contributed by atoms with Crippen LogP contribution < -0.4 is 0 Å². The van der Waals surface area contributed by atoms with Gasteiger partial charge in [-0.3, -0.25) is 19.7 Å². The number of nitro benzene ring substituents is 1. The minimum absolute atomic E-state index is 0.0752. The number of carboxylic acid groups (broad SMARTS) is 1. The molecule has 1 aromatic carbocycles. The van der Waals surface area contributed by atoms with Crippen molar-refractivity contribution in [2.24, 2.45) is 0 Å². The monoisotopic (exact) mass is 276 g/mol. The smallest absolute Gasteiger partial charge is 0.303 e. The molecule has 7 heteroatoms. The number of carboxylic acids is 1. The molecule has 104 valence electrons. The van der Waals surface area contributed by atoms with Crippen molar-refractivity contribution in [3.63, 3.8) is 0 Å². The largest absolute Gasteiger partial charge is 0.481 e. The van der Waals surface area contributed by atoms with Gasteiger partial charge < -0.3 is 10.1 Å². The minimum atomic E-state index is -0.952. The Hall–Kier alpha value is -2.70. The number of Topliss-reactive ketones (excluding diaryl/α,β-unsaturated/α-hetero) is 1. The van der Waals surface area contributed by atoms with Crippen molar-refractivity contribution in [3.8, 4) is 0 Å². The predicted octanol–water partition coefficient (Wildman–Crippen LogP) is 2.51. The van der Waals surface area contributed by atoms with Crippen LogP contribution in [0.4, 0.5) is 5.69 Å². The second kappa shape index (κ2) is 5.52. The van der Waals surface area contributed by atoms with E-state index in [2.05, 4.69) is 4.98 Å². The Morgan fingerprint density at radius 3 is 2.70 bits per heavy atom. The molecule has 0 aliphatic rings. The number of ketones is 1. The molecule has 0 saturated heterocycles. The molecule has 0 radical (unpaired) electrons. The number of aromatic nitrogens is 1. The summed E-state index contributed by atoms with van der Waals surface area (Å²) in [5.41, 5.74) is 0.906. The first-order valence-electron chi connectivity index (χ1n) is 5.99. The van der Waals surface area contributed by atoms with Gasteiger partial charge in [-0.05, 0) is 12.5 Å². The van der Waals surface area contributed by atoms with Crippen molar-refractivity contribution in [1.82, 2.24) is 4.98 Å². The fourth-order valence-corrected chi connectivity index (χ4v) is 1.99. The molecule has 0 unspecified atom stereocenters. The topological polar surface area (TPSA) is 113 Å². The van der Waals surface area contributed by atoms with Gasteiger partial charge in [0.25, 0.3) is 5.69 Å². The van der Waals surface area contributed by atoms with Crippen LogP contribution in [-0.2, 0) is 4.79 Å². The van der Waals surface area contributed by atoms with Crippen LogP contribution in [0.1, 0.15) is 29.6 Å². The maximum absolute atomic E-state index is 12.0. The number of carbonyl (C=O) groups excluding carboxylic acids is 1. The van der Waals surface area contributed by atoms with E-state index < -0.39 is 10.9 Å². The lowest BCUT2D eigenvalue weighted by atomic mass is 10.0. The van der Waals surface area contributed by atoms with Gasteiger partial charge >= 0.3 is 5.97 Å². The third-order valence-corrected chi connectivity index (χ3v) is 2.97. The molecule has 0 aliphatic heterocycles. The molecule has 0 spiro atoms. The van der Waals surface area contributed by atoms with Crippen LogP contribution >= 0.6 is 0 Å². The van der Waals surface area contributed by atoms with Crippen LogP contribution in [0.15, 0.2) is 24.4 Å². The number of nitrogens with zero attached hydrogens (tertiary/aromatic N) is 1. The standard InChI is InChI=1S/C13H12N2O5/c16-12(2-1-3-13(17)18)10-7-14-11-5-4-8(15(19)20)6-9(10)11/h4-7,14H,1-3H2,(H,17,18). The maximum Gasteiger partial charge on any atom is 0.303 e. The normalized spacial score (nSPS) is 10.6. The fourth-order valence-electron chi connectivity index (χ4n) is 1.99. The summed E-state index contributed by atoms with van der Waals surface area (Å²) in [7, 11) is 0. The highest BCUT2D eigenvalue weighted by Gasteiger charge is 2.15. The van der Waals surface area contributed by atoms with E-state index in [0.717, 1.165) is 0 Å². The third kappa shape index (κ3) is 2.82. The predicted molar refractivity (Wildman–Crippen MR) is 70.8 cm³/mol. The number of nitro groups is 1. The Balaban J connectivity index is 2.25. The summed E-state index contributed by atoms with van der Waals surface area (Å²) < 4.78 is 0. The molecular formula is C13H12N2O5. The zero-order valence-electron chi connectivity index (χ0n) is 10.5. The number of aliphatic carboxylic acids is 1. The van der Waals surface area contributed by atoms with Crippen molar-refractivity contribution < 1.29 is 19.6 Å². The first-order valence-corrected chi connectivity index (χ1v) is 5.99. The summed E-state index contributed by atoms with van der Waals surface area (Å²) in [6.45, 7) is 0. The quantitative estimate of drug-likeness (QED) is 0.478. The van der Waals surface area contributed by atoms with E-state index in [4.69, 9.17) is 5.11 Å². The van der Waals surface area contributed by atoms with Gasteiger partial charge in [-0.2, -0.15) is 0 Å². The Morgan fingerprint density at radius 2 is 2.05 bits per heavy atom. The van der Waals surface area contributed by atoms with Crippen molar-refractivity contribution in [2.75, 3.05) is 0 Å². The fraction of sp³-hybridized carbons (Fsp3) is 0.231. The van der Waals surface area contributed by atoms with Crippen LogP contribution in [-0.4, -0.2) is 26.8 Å². The summed E-state index contributed by atoms with van der Waals surface area (Å²) in [5, 5.41) is 19.8. The van der Waals surface area contributed by atoms with E-state index >= 15 is 0 Å². The molecular weight excluding hydrogens is 264 g/mol. The van der Waals surface area contributed by atoms with Crippen molar-refractivity contribution in [1.29, 1.82) is 0 Å². The average Bonchev–Trinajstić information content (AvgIpc) is 2.80. The number of aromatic amines is 1. The van der Waals surface area contributed by atoms with Crippen molar-refractivity contribution in [3.05, 3.63) is 40.1 Å². The second-order valence-electron chi connectivity index (χ2n) is 4.36. The highest BCUT2D eigenvalue weighted by atomic mass is 16.6. The minimum Gasteiger partial charge on any atom is -0.481 e. The molecule has 0 saturated carbocycles. The van der Waals surface area contributed by atoms with E-state index in [0.29, 0.717) is 16.5 Å². The molecule has 2 rings (SSSR count). The van der Waals surface area contributed by atoms with Crippen LogP contribution in [0.2, 0.25) is 0 Å². The Kier molecular flexibility index (Phi) is 3.79. The number of hydrogen-bond acceptors (Lipinski definition) is 4. The second-order valence-corrected chi connectivity index (χ2v) is 4.36. The lowest BCUT2D eigenvalue weighted by molar-refractivity contribution is -0.384. The first kappa shape index (κ1) is 13.7. The molecule has 2 aromatic rings. The van der Waals surface area contributed by atoms with Crippen molar-refractivity contribution in [2.45, 2.75) is 19.3 Å². The number of fused-ring (bicyclic) bond motifs is 1. The number of nitrogens with one attached hydrogen (secondary N) is 1. The molecule has 1 heterocycles. The molecule has 2 N–H and O–H groups in total. The summed E-state index contributed by atoms with van der Waals surface area (Å²) in [6.07, 6.45) is 1.77. The molecule has 7 nitrogen and oxygen atoms in total. The number of H-pyrrole nitrogens is 1. The van der Waals surface area contributed by atoms with Gasteiger partial charge in [-0.1, -0.05) is 0 Å². The van der Waals surface area contributed by atoms with Crippen molar-refractivity contribution >= 4 is 28.3 Å². The zero-order valence-corrected chi connectivity index (χ0v) is 10.5. The molecule has 0 atom stereocenters. The molecule has 0 aliphatic carbocycles. The van der Waals surface area contributed by atoms with E-state index in [1.165, 1.54) is 18.3 Å². The molecule has 0 amide bonds. The molecule has 0 fully saturated rings. The Morgan fingerprint density at radius 1 is 1.30 bits per heavy atom. The number of hydrogen-bond donors (Lipinski definition) is 2. The van der Waals surface area contributed by atoms with Crippen LogP contribution in [0.25, 0.3) is 10.9 Å². The number of rotatable bonds is 6. The van der Waals surface area contributed by atoms with Gasteiger partial charge in [0.2, 0.25) is 0 Å². The maximum atomic E-state index is 12.0. The van der Waals surface area contributed by atoms with Gasteiger partial charge in [-0.25, -0.2) is 0 Å². The Bertz CT molecular complexity index is 689. The highest BCUT2D eigenvalue weighted by Crippen LogP contribution is 2.24. The summed E-state index contributed by atoms with van der Waals surface area (Å²) in [4.78, 5) is 35.5. The summed E-state index contributed by atoms with van der Waals surface area (Å²) in [5.74, 6) is -1.18. The lowest BCUT2D eigenvalue weighted by Gasteiger charge is -1.98. The molecule has 20 heavy (non-hydrogen) atoms. The van der Waals surface area contributed by atoms with Crippen LogP contribution in [0.5, 0.6) is 0 Å². The Labute approximate surface area is 113 Å². The summed E-state index contributed by atoms with van der Waals surface area (Å²) in [6, 6.07) is 4.25. The third-order valence-electron chi connectivity index (χ3n) is 2.97. The zero-order chi connectivity index (χ0) is 14.7. The van der Waals surface area contributed by atoms with Gasteiger partial charge in [0.15, 0.2) is 5.78 Å². The van der Waals surface area contributed by atoms with Gasteiger partial charge in [0.1, 0.15) is 0 Å². The number of carbonyl (C=O) groups is 2. The molecule has 1 aromatic heterocycles.